The van der Waals surface area contributed by atoms with Gasteiger partial charge >= 0.3 is 0 Å². The van der Waals surface area contributed by atoms with Crippen molar-refractivity contribution in [2.24, 2.45) is 5.92 Å². The molecule has 1 aliphatic rings. The van der Waals surface area contributed by atoms with E-state index in [2.05, 4.69) is 15.7 Å². The van der Waals surface area contributed by atoms with Gasteiger partial charge < -0.3 is 5.32 Å². The third-order valence-electron chi connectivity index (χ3n) is 3.83. The predicted molar refractivity (Wildman–Crippen MR) is 79.4 cm³/mol. The van der Waals surface area contributed by atoms with Crippen LogP contribution in [0.5, 0.6) is 0 Å². The molecule has 4 heteroatoms. The van der Waals surface area contributed by atoms with Crippen LogP contribution >= 0.6 is 11.3 Å². The van der Waals surface area contributed by atoms with E-state index in [4.69, 9.17) is 0 Å². The zero-order valence-electron chi connectivity index (χ0n) is 11.8. The number of amides is 1. The SMILES string of the molecule is Cc1csc(CCNC(=O)CCC2CCCCC2)n1. The second kappa shape index (κ2) is 7.63. The molecule has 0 radical (unpaired) electrons. The molecule has 1 saturated carbocycles. The Bertz CT molecular complexity index is 397. The smallest absolute Gasteiger partial charge is 0.220 e. The van der Waals surface area contributed by atoms with Crippen molar-refractivity contribution in [3.05, 3.63) is 16.1 Å². The van der Waals surface area contributed by atoms with Crippen molar-refractivity contribution in [2.75, 3.05) is 6.54 Å². The van der Waals surface area contributed by atoms with Crippen LogP contribution < -0.4 is 5.32 Å². The minimum atomic E-state index is 0.207. The van der Waals surface area contributed by atoms with Gasteiger partial charge in [0, 0.05) is 30.5 Å². The fraction of sp³-hybridized carbons (Fsp3) is 0.733. The lowest BCUT2D eigenvalue weighted by Gasteiger charge is -2.20. The first-order valence-electron chi connectivity index (χ1n) is 7.42. The molecular weight excluding hydrogens is 256 g/mol. The fourth-order valence-corrected chi connectivity index (χ4v) is 3.50. The monoisotopic (exact) mass is 280 g/mol. The molecule has 1 heterocycles. The molecule has 0 unspecified atom stereocenters. The first-order chi connectivity index (χ1) is 9.24. The number of hydrogen-bond acceptors (Lipinski definition) is 3. The van der Waals surface area contributed by atoms with E-state index in [-0.39, 0.29) is 5.91 Å². The Morgan fingerprint density at radius 1 is 1.42 bits per heavy atom. The largest absolute Gasteiger partial charge is 0.356 e. The summed E-state index contributed by atoms with van der Waals surface area (Å²) in [6.07, 6.45) is 9.37. The van der Waals surface area contributed by atoms with Crippen LogP contribution in [0.3, 0.4) is 0 Å². The third-order valence-corrected chi connectivity index (χ3v) is 4.86. The second-order valence-corrected chi connectivity index (χ2v) is 6.47. The average Bonchev–Trinajstić information content (AvgIpc) is 2.83. The topological polar surface area (TPSA) is 42.0 Å². The zero-order chi connectivity index (χ0) is 13.5. The van der Waals surface area contributed by atoms with E-state index in [1.54, 1.807) is 11.3 Å². The summed E-state index contributed by atoms with van der Waals surface area (Å²) < 4.78 is 0. The molecule has 0 saturated heterocycles. The number of carbonyl (C=O) groups is 1. The number of aryl methyl sites for hydroxylation is 1. The summed E-state index contributed by atoms with van der Waals surface area (Å²) in [5, 5.41) is 6.18. The number of nitrogens with one attached hydrogen (secondary N) is 1. The standard InChI is InChI=1S/C15H24N2OS/c1-12-11-19-15(17-12)9-10-16-14(18)8-7-13-5-3-2-4-6-13/h11,13H,2-10H2,1H3,(H,16,18). The van der Waals surface area contributed by atoms with E-state index in [9.17, 15) is 4.79 Å². The van der Waals surface area contributed by atoms with Crippen molar-refractivity contribution in [3.63, 3.8) is 0 Å². The van der Waals surface area contributed by atoms with Gasteiger partial charge in [0.2, 0.25) is 5.91 Å². The number of hydrogen-bond donors (Lipinski definition) is 1. The Morgan fingerprint density at radius 2 is 2.21 bits per heavy atom. The summed E-state index contributed by atoms with van der Waals surface area (Å²) >= 11 is 1.67. The van der Waals surface area contributed by atoms with Crippen LogP contribution in [0.2, 0.25) is 0 Å². The molecule has 2 rings (SSSR count). The molecule has 3 nitrogen and oxygen atoms in total. The van der Waals surface area contributed by atoms with Gasteiger partial charge in [0.15, 0.2) is 0 Å². The van der Waals surface area contributed by atoms with E-state index >= 15 is 0 Å². The Kier molecular flexibility index (Phi) is 5.83. The van der Waals surface area contributed by atoms with Crippen molar-refractivity contribution >= 4 is 17.2 Å². The van der Waals surface area contributed by atoms with Gasteiger partial charge in [0.25, 0.3) is 0 Å². The molecule has 1 aromatic heterocycles. The molecule has 1 aliphatic carbocycles. The van der Waals surface area contributed by atoms with Crippen molar-refractivity contribution in [1.29, 1.82) is 0 Å². The molecule has 0 aliphatic heterocycles. The van der Waals surface area contributed by atoms with E-state index < -0.39 is 0 Å². The lowest BCUT2D eigenvalue weighted by molar-refractivity contribution is -0.121. The maximum Gasteiger partial charge on any atom is 0.220 e. The van der Waals surface area contributed by atoms with Gasteiger partial charge in [-0.25, -0.2) is 4.98 Å². The summed E-state index contributed by atoms with van der Waals surface area (Å²) in [6, 6.07) is 0. The van der Waals surface area contributed by atoms with Gasteiger partial charge in [0.1, 0.15) is 0 Å². The number of thiazole rings is 1. The number of aromatic nitrogens is 1. The molecule has 0 bridgehead atoms. The quantitative estimate of drug-likeness (QED) is 0.867. The predicted octanol–water partition coefficient (Wildman–Crippen LogP) is 3.47. The van der Waals surface area contributed by atoms with Crippen LogP contribution in [0.25, 0.3) is 0 Å². The molecule has 19 heavy (non-hydrogen) atoms. The molecule has 106 valence electrons. The molecule has 1 N–H and O–H groups in total. The number of nitrogens with zero attached hydrogens (tertiary/aromatic N) is 1. The summed E-state index contributed by atoms with van der Waals surface area (Å²) in [7, 11) is 0. The Morgan fingerprint density at radius 3 is 2.89 bits per heavy atom. The Hall–Kier alpha value is -0.900. The molecule has 0 aromatic carbocycles. The second-order valence-electron chi connectivity index (χ2n) is 5.53. The van der Waals surface area contributed by atoms with Crippen LogP contribution in [0.15, 0.2) is 5.38 Å². The van der Waals surface area contributed by atoms with Crippen LogP contribution in [0.1, 0.15) is 55.6 Å². The van der Waals surface area contributed by atoms with Crippen molar-refractivity contribution < 1.29 is 4.79 Å². The van der Waals surface area contributed by atoms with Gasteiger partial charge in [-0.05, 0) is 19.3 Å². The average molecular weight is 280 g/mol. The first kappa shape index (κ1) is 14.5. The highest BCUT2D eigenvalue weighted by Gasteiger charge is 2.14. The molecule has 1 fully saturated rings. The van der Waals surface area contributed by atoms with Crippen molar-refractivity contribution in [3.8, 4) is 0 Å². The minimum absolute atomic E-state index is 0.207. The van der Waals surface area contributed by atoms with Crippen LogP contribution in [-0.2, 0) is 11.2 Å². The van der Waals surface area contributed by atoms with Gasteiger partial charge in [-0.2, -0.15) is 0 Å². The fourth-order valence-electron chi connectivity index (χ4n) is 2.73. The summed E-state index contributed by atoms with van der Waals surface area (Å²) in [5.74, 6) is 1.000. The lowest BCUT2D eigenvalue weighted by Crippen LogP contribution is -2.26. The summed E-state index contributed by atoms with van der Waals surface area (Å²) in [5.41, 5.74) is 1.07. The van der Waals surface area contributed by atoms with E-state index in [1.165, 1.54) is 32.1 Å². The van der Waals surface area contributed by atoms with Gasteiger partial charge in [0.05, 0.1) is 5.01 Å². The van der Waals surface area contributed by atoms with Crippen LogP contribution in [-0.4, -0.2) is 17.4 Å². The maximum atomic E-state index is 11.8. The summed E-state index contributed by atoms with van der Waals surface area (Å²) in [4.78, 5) is 16.1. The molecular formula is C15H24N2OS. The molecule has 0 spiro atoms. The van der Waals surface area contributed by atoms with Crippen LogP contribution in [0.4, 0.5) is 0 Å². The zero-order valence-corrected chi connectivity index (χ0v) is 12.6. The molecule has 1 aromatic rings. The van der Waals surface area contributed by atoms with E-state index in [0.717, 1.165) is 36.0 Å². The van der Waals surface area contributed by atoms with E-state index in [0.29, 0.717) is 6.42 Å². The Labute approximate surface area is 119 Å². The number of rotatable bonds is 6. The third kappa shape index (κ3) is 5.31. The highest BCUT2D eigenvalue weighted by atomic mass is 32.1. The molecule has 1 amide bonds. The van der Waals surface area contributed by atoms with Crippen molar-refractivity contribution in [2.45, 2.75) is 58.3 Å². The first-order valence-corrected chi connectivity index (χ1v) is 8.29. The van der Waals surface area contributed by atoms with Gasteiger partial charge in [-0.3, -0.25) is 4.79 Å². The van der Waals surface area contributed by atoms with Crippen LogP contribution in [0, 0.1) is 12.8 Å². The normalized spacial score (nSPS) is 16.5. The highest BCUT2D eigenvalue weighted by Crippen LogP contribution is 2.27. The van der Waals surface area contributed by atoms with Gasteiger partial charge in [-0.15, -0.1) is 11.3 Å². The Balaban J connectivity index is 1.56. The minimum Gasteiger partial charge on any atom is -0.356 e. The lowest BCUT2D eigenvalue weighted by atomic mass is 9.86. The highest BCUT2D eigenvalue weighted by molar-refractivity contribution is 7.09. The van der Waals surface area contributed by atoms with Crippen molar-refractivity contribution in [1.82, 2.24) is 10.3 Å². The van der Waals surface area contributed by atoms with E-state index in [1.807, 2.05) is 6.92 Å². The molecule has 0 atom stereocenters. The summed E-state index contributed by atoms with van der Waals surface area (Å²) in [6.45, 7) is 2.72. The maximum absolute atomic E-state index is 11.8. The number of carbonyl (C=O) groups excluding carboxylic acids is 1. The van der Waals surface area contributed by atoms with Gasteiger partial charge in [-0.1, -0.05) is 32.1 Å².